The number of halogens is 2. The Balaban J connectivity index is 2.45. The van der Waals surface area contributed by atoms with Gasteiger partial charge in [-0.15, -0.1) is 0 Å². The molecule has 1 aromatic rings. The highest BCUT2D eigenvalue weighted by Gasteiger charge is 2.21. The van der Waals surface area contributed by atoms with Gasteiger partial charge in [0.25, 0.3) is 0 Å². The molecule has 0 aliphatic carbocycles. The molecule has 1 saturated heterocycles. The van der Waals surface area contributed by atoms with Crippen molar-refractivity contribution in [3.63, 3.8) is 0 Å². The third kappa shape index (κ3) is 1.95. The normalized spacial score (nSPS) is 16.6. The van der Waals surface area contributed by atoms with Crippen molar-refractivity contribution in [2.75, 3.05) is 31.1 Å². The number of phenols is 1. The van der Waals surface area contributed by atoms with Gasteiger partial charge in [0.2, 0.25) is 0 Å². The molecular weight excluding hydrogens is 231 g/mol. The largest absolute Gasteiger partial charge is 0.504 e. The molecule has 1 aliphatic heterocycles. The molecule has 2 rings (SSSR count). The topological polar surface area (TPSA) is 35.5 Å². The highest BCUT2D eigenvalue weighted by molar-refractivity contribution is 6.32. The lowest BCUT2D eigenvalue weighted by Gasteiger charge is -2.30. The van der Waals surface area contributed by atoms with Gasteiger partial charge in [0, 0.05) is 26.2 Å². The summed E-state index contributed by atoms with van der Waals surface area (Å²) in [6.45, 7) is 4.55. The van der Waals surface area contributed by atoms with Crippen LogP contribution in [-0.4, -0.2) is 31.3 Å². The molecule has 5 heteroatoms. The average molecular weight is 245 g/mol. The maximum absolute atomic E-state index is 13.9. The summed E-state index contributed by atoms with van der Waals surface area (Å²) in [5.41, 5.74) is 0.683. The Morgan fingerprint density at radius 1 is 1.44 bits per heavy atom. The van der Waals surface area contributed by atoms with Crippen molar-refractivity contribution in [2.45, 2.75) is 6.92 Å². The van der Waals surface area contributed by atoms with Crippen LogP contribution in [0.3, 0.4) is 0 Å². The lowest BCUT2D eigenvalue weighted by atomic mass is 10.1. The number of piperazine rings is 1. The smallest absolute Gasteiger partial charge is 0.160 e. The molecule has 0 aromatic heterocycles. The van der Waals surface area contributed by atoms with Crippen molar-refractivity contribution < 1.29 is 9.50 Å². The van der Waals surface area contributed by atoms with Crippen LogP contribution in [0.4, 0.5) is 10.1 Å². The van der Waals surface area contributed by atoms with Gasteiger partial charge in [0.1, 0.15) is 5.69 Å². The van der Waals surface area contributed by atoms with Crippen LogP contribution in [0.5, 0.6) is 5.75 Å². The Kier molecular flexibility index (Phi) is 3.21. The van der Waals surface area contributed by atoms with Crippen LogP contribution in [0.2, 0.25) is 5.02 Å². The van der Waals surface area contributed by atoms with E-state index in [0.717, 1.165) is 13.1 Å². The molecule has 88 valence electrons. The van der Waals surface area contributed by atoms with Crippen molar-refractivity contribution in [2.24, 2.45) is 0 Å². The fourth-order valence-corrected chi connectivity index (χ4v) is 2.16. The number of rotatable bonds is 1. The summed E-state index contributed by atoms with van der Waals surface area (Å²) in [5.74, 6) is -0.546. The maximum Gasteiger partial charge on any atom is 0.160 e. The Labute approximate surface area is 98.8 Å². The SMILES string of the molecule is Cc1cc(Cl)c(O)c(N2CCNCC2)c1F. The summed E-state index contributed by atoms with van der Waals surface area (Å²) in [6.07, 6.45) is 0. The van der Waals surface area contributed by atoms with E-state index in [-0.39, 0.29) is 22.3 Å². The second-order valence-corrected chi connectivity index (χ2v) is 4.33. The summed E-state index contributed by atoms with van der Waals surface area (Å²) < 4.78 is 13.9. The third-order valence-electron chi connectivity index (χ3n) is 2.78. The zero-order valence-electron chi connectivity index (χ0n) is 9.06. The van der Waals surface area contributed by atoms with Gasteiger partial charge >= 0.3 is 0 Å². The third-order valence-corrected chi connectivity index (χ3v) is 3.07. The van der Waals surface area contributed by atoms with E-state index in [1.807, 2.05) is 4.90 Å². The van der Waals surface area contributed by atoms with E-state index >= 15 is 0 Å². The molecular formula is C11H14ClFN2O. The average Bonchev–Trinajstić information content (AvgIpc) is 2.28. The van der Waals surface area contributed by atoms with Crippen molar-refractivity contribution in [1.29, 1.82) is 0 Å². The van der Waals surface area contributed by atoms with E-state index in [9.17, 15) is 9.50 Å². The van der Waals surface area contributed by atoms with Crippen LogP contribution in [0, 0.1) is 12.7 Å². The molecule has 0 saturated carbocycles. The van der Waals surface area contributed by atoms with Crippen molar-refractivity contribution in [3.8, 4) is 5.75 Å². The molecule has 16 heavy (non-hydrogen) atoms. The number of nitrogens with zero attached hydrogens (tertiary/aromatic N) is 1. The first-order valence-corrected chi connectivity index (χ1v) is 5.62. The fourth-order valence-electron chi connectivity index (χ4n) is 1.90. The first-order valence-electron chi connectivity index (χ1n) is 5.24. The van der Waals surface area contributed by atoms with Crippen molar-refractivity contribution in [1.82, 2.24) is 5.32 Å². The highest BCUT2D eigenvalue weighted by atomic mass is 35.5. The molecule has 0 unspecified atom stereocenters. The highest BCUT2D eigenvalue weighted by Crippen LogP contribution is 2.38. The Bertz CT molecular complexity index is 379. The van der Waals surface area contributed by atoms with Gasteiger partial charge in [-0.3, -0.25) is 0 Å². The van der Waals surface area contributed by atoms with Crippen molar-refractivity contribution >= 4 is 17.3 Å². The van der Waals surface area contributed by atoms with E-state index in [1.54, 1.807) is 6.92 Å². The van der Waals surface area contributed by atoms with E-state index in [2.05, 4.69) is 5.32 Å². The van der Waals surface area contributed by atoms with Crippen LogP contribution < -0.4 is 10.2 Å². The number of hydrogen-bond donors (Lipinski definition) is 2. The van der Waals surface area contributed by atoms with Crippen LogP contribution in [-0.2, 0) is 0 Å². The number of anilines is 1. The summed E-state index contributed by atoms with van der Waals surface area (Å²) in [4.78, 5) is 1.82. The number of hydrogen-bond acceptors (Lipinski definition) is 3. The molecule has 0 amide bonds. The molecule has 2 N–H and O–H groups in total. The standard InChI is InChI=1S/C11H14ClFN2O/c1-7-6-8(12)11(16)10(9(7)13)15-4-2-14-3-5-15/h6,14,16H,2-5H2,1H3. The summed E-state index contributed by atoms with van der Waals surface area (Å²) >= 11 is 5.85. The van der Waals surface area contributed by atoms with Gasteiger partial charge in [-0.2, -0.15) is 0 Å². The minimum absolute atomic E-state index is 0.160. The molecule has 1 fully saturated rings. The molecule has 1 aliphatic rings. The lowest BCUT2D eigenvalue weighted by Crippen LogP contribution is -2.44. The van der Waals surface area contributed by atoms with Crippen LogP contribution in [0.1, 0.15) is 5.56 Å². The summed E-state index contributed by atoms with van der Waals surface area (Å²) in [7, 11) is 0. The number of aryl methyl sites for hydroxylation is 1. The second-order valence-electron chi connectivity index (χ2n) is 3.92. The molecule has 0 bridgehead atoms. The number of benzene rings is 1. The maximum atomic E-state index is 13.9. The quantitative estimate of drug-likeness (QED) is 0.792. The molecule has 0 spiro atoms. The second kappa shape index (κ2) is 4.47. The molecule has 0 atom stereocenters. The monoisotopic (exact) mass is 244 g/mol. The van der Waals surface area contributed by atoms with Gasteiger partial charge in [-0.05, 0) is 18.6 Å². The Morgan fingerprint density at radius 2 is 2.06 bits per heavy atom. The molecule has 0 radical (unpaired) electrons. The van der Waals surface area contributed by atoms with Gasteiger partial charge in [-0.25, -0.2) is 4.39 Å². The van der Waals surface area contributed by atoms with Crippen LogP contribution in [0.15, 0.2) is 6.07 Å². The van der Waals surface area contributed by atoms with E-state index < -0.39 is 0 Å². The lowest BCUT2D eigenvalue weighted by molar-refractivity contribution is 0.462. The summed E-state index contributed by atoms with van der Waals surface area (Å²) in [5, 5.41) is 13.2. The Morgan fingerprint density at radius 3 is 2.69 bits per heavy atom. The Hall–Kier alpha value is -1.00. The number of nitrogens with one attached hydrogen (secondary N) is 1. The van der Waals surface area contributed by atoms with Crippen molar-refractivity contribution in [3.05, 3.63) is 22.5 Å². The molecule has 1 aromatic carbocycles. The van der Waals surface area contributed by atoms with E-state index in [4.69, 9.17) is 11.6 Å². The zero-order chi connectivity index (χ0) is 11.7. The zero-order valence-corrected chi connectivity index (χ0v) is 9.81. The first kappa shape index (κ1) is 11.5. The fraction of sp³-hybridized carbons (Fsp3) is 0.455. The summed E-state index contributed by atoms with van der Waals surface area (Å²) in [6, 6.07) is 1.44. The molecule has 3 nitrogen and oxygen atoms in total. The predicted molar refractivity (Wildman–Crippen MR) is 62.9 cm³/mol. The number of phenolic OH excluding ortho intramolecular Hbond substituents is 1. The minimum atomic E-state index is -0.385. The van der Waals surface area contributed by atoms with Crippen LogP contribution in [0.25, 0.3) is 0 Å². The predicted octanol–water partition coefficient (Wildman–Crippen LogP) is 1.90. The minimum Gasteiger partial charge on any atom is -0.504 e. The van der Waals surface area contributed by atoms with Gasteiger partial charge in [0.15, 0.2) is 11.6 Å². The van der Waals surface area contributed by atoms with Crippen LogP contribution >= 0.6 is 11.6 Å². The van der Waals surface area contributed by atoms with Gasteiger partial charge in [-0.1, -0.05) is 11.6 Å². The number of aromatic hydroxyl groups is 1. The van der Waals surface area contributed by atoms with Gasteiger partial charge < -0.3 is 15.3 Å². The van der Waals surface area contributed by atoms with Gasteiger partial charge in [0.05, 0.1) is 5.02 Å². The molecule has 1 heterocycles. The van der Waals surface area contributed by atoms with E-state index in [0.29, 0.717) is 18.7 Å². The first-order chi connectivity index (χ1) is 7.61. The van der Waals surface area contributed by atoms with E-state index in [1.165, 1.54) is 6.07 Å².